The number of hydrogen-bond donors (Lipinski definition) is 1. The van der Waals surface area contributed by atoms with Crippen LogP contribution in [0.5, 0.6) is 0 Å². The molecule has 3 nitrogen and oxygen atoms in total. The molecule has 17 heavy (non-hydrogen) atoms. The maximum Gasteiger partial charge on any atom is 0.104 e. The molecule has 0 amide bonds. The summed E-state index contributed by atoms with van der Waals surface area (Å²) >= 11 is 0. The van der Waals surface area contributed by atoms with Gasteiger partial charge in [-0.25, -0.2) is 0 Å². The van der Waals surface area contributed by atoms with Gasteiger partial charge in [0, 0.05) is 24.1 Å². The normalized spacial score (nSPS) is 18.2. The van der Waals surface area contributed by atoms with Gasteiger partial charge in [0.2, 0.25) is 0 Å². The number of quaternary nitrogens is 1. The lowest BCUT2D eigenvalue weighted by molar-refractivity contribution is -0.929. The summed E-state index contributed by atoms with van der Waals surface area (Å²) in [4.78, 5) is 0. The van der Waals surface area contributed by atoms with Crippen LogP contribution in [0.15, 0.2) is 24.3 Å². The van der Waals surface area contributed by atoms with Crippen molar-refractivity contribution in [3.05, 3.63) is 29.8 Å². The number of rotatable bonds is 3. The Morgan fingerprint density at radius 3 is 2.65 bits per heavy atom. The molecule has 0 unspecified atom stereocenters. The van der Waals surface area contributed by atoms with Crippen LogP contribution in [0.2, 0.25) is 0 Å². The molecule has 0 spiro atoms. The molecule has 0 radical (unpaired) electrons. The van der Waals surface area contributed by atoms with E-state index >= 15 is 0 Å². The molecule has 1 aromatic rings. The van der Waals surface area contributed by atoms with Crippen LogP contribution in [-0.2, 0) is 11.3 Å². The van der Waals surface area contributed by atoms with Crippen LogP contribution in [0.4, 0.5) is 5.69 Å². The van der Waals surface area contributed by atoms with Gasteiger partial charge in [0.1, 0.15) is 6.54 Å². The van der Waals surface area contributed by atoms with Crippen LogP contribution in [-0.4, -0.2) is 37.8 Å². The molecular weight excluding hydrogens is 212 g/mol. The highest BCUT2D eigenvalue weighted by Gasteiger charge is 2.30. The van der Waals surface area contributed by atoms with Crippen LogP contribution >= 0.6 is 0 Å². The summed E-state index contributed by atoms with van der Waals surface area (Å²) in [5, 5.41) is 0. The summed E-state index contributed by atoms with van der Waals surface area (Å²) in [6.45, 7) is 2.85. The first-order chi connectivity index (χ1) is 8.08. The van der Waals surface area contributed by atoms with Crippen molar-refractivity contribution in [2.75, 3.05) is 33.0 Å². The molecule has 2 rings (SSSR count). The number of nitrogens with zero attached hydrogens (tertiary/aromatic N) is 1. The Morgan fingerprint density at radius 1 is 1.29 bits per heavy atom. The summed E-state index contributed by atoms with van der Waals surface area (Å²) in [7, 11) is 4.61. The smallest absolute Gasteiger partial charge is 0.104 e. The molecule has 0 atom stereocenters. The minimum absolute atomic E-state index is 0.699. The van der Waals surface area contributed by atoms with E-state index in [9.17, 15) is 0 Å². The van der Waals surface area contributed by atoms with Crippen LogP contribution in [0.1, 0.15) is 18.4 Å². The van der Waals surface area contributed by atoms with E-state index in [-0.39, 0.29) is 0 Å². The predicted octanol–water partition coefficient (Wildman–Crippen LogP) is 2.02. The van der Waals surface area contributed by atoms with Crippen LogP contribution in [0.3, 0.4) is 0 Å². The quantitative estimate of drug-likeness (QED) is 0.642. The summed E-state index contributed by atoms with van der Waals surface area (Å²) in [5.41, 5.74) is 8.01. The van der Waals surface area contributed by atoms with Crippen molar-refractivity contribution in [2.24, 2.45) is 0 Å². The molecule has 0 bridgehead atoms. The zero-order chi connectivity index (χ0) is 12.3. The summed E-state index contributed by atoms with van der Waals surface area (Å²) in [6.07, 6.45) is 2.32. The Bertz CT molecular complexity index is 370. The Balaban J connectivity index is 2.05. The molecule has 94 valence electrons. The molecule has 1 aromatic carbocycles. The fraction of sp³-hybridized carbons (Fsp3) is 0.571. The summed E-state index contributed by atoms with van der Waals surface area (Å²) < 4.78 is 6.45. The number of nitrogens with two attached hydrogens (primary N) is 1. The van der Waals surface area contributed by atoms with Gasteiger partial charge in [-0.1, -0.05) is 12.1 Å². The Hall–Kier alpha value is -1.06. The highest BCUT2D eigenvalue weighted by molar-refractivity contribution is 5.40. The van der Waals surface area contributed by atoms with Crippen molar-refractivity contribution < 1.29 is 9.22 Å². The minimum Gasteiger partial charge on any atom is -0.399 e. The zero-order valence-electron chi connectivity index (χ0n) is 10.9. The molecule has 1 saturated heterocycles. The topological polar surface area (TPSA) is 35.2 Å². The first kappa shape index (κ1) is 12.4. The van der Waals surface area contributed by atoms with Crippen LogP contribution in [0.25, 0.3) is 0 Å². The van der Waals surface area contributed by atoms with E-state index in [1.807, 2.05) is 12.1 Å². The van der Waals surface area contributed by atoms with Gasteiger partial charge in [-0.15, -0.1) is 0 Å². The second kappa shape index (κ2) is 5.07. The van der Waals surface area contributed by atoms with E-state index in [1.54, 1.807) is 0 Å². The maximum atomic E-state index is 5.83. The highest BCUT2D eigenvalue weighted by Crippen LogP contribution is 2.22. The van der Waals surface area contributed by atoms with E-state index in [0.717, 1.165) is 42.8 Å². The standard InChI is InChI=1S/C14H23N2O/c1-16(2,14-6-8-17-9-7-14)11-12-4-3-5-13(15)10-12/h3-5,10,14H,6-9,11,15H2,1-2H3/q+1. The monoisotopic (exact) mass is 235 g/mol. The highest BCUT2D eigenvalue weighted by atomic mass is 16.5. The van der Waals surface area contributed by atoms with E-state index in [0.29, 0.717) is 6.04 Å². The van der Waals surface area contributed by atoms with Crippen molar-refractivity contribution in [1.29, 1.82) is 0 Å². The first-order valence-electron chi connectivity index (χ1n) is 6.33. The van der Waals surface area contributed by atoms with Gasteiger partial charge in [-0.3, -0.25) is 0 Å². The fourth-order valence-electron chi connectivity index (χ4n) is 2.68. The summed E-state index contributed by atoms with van der Waals surface area (Å²) in [6, 6.07) is 8.92. The van der Waals surface area contributed by atoms with Gasteiger partial charge in [-0.2, -0.15) is 0 Å². The van der Waals surface area contributed by atoms with Crippen molar-refractivity contribution in [3.63, 3.8) is 0 Å². The number of nitrogen functional groups attached to an aromatic ring is 1. The van der Waals surface area contributed by atoms with Gasteiger partial charge in [0.15, 0.2) is 0 Å². The third-order valence-electron chi connectivity index (χ3n) is 3.72. The molecule has 0 saturated carbocycles. The predicted molar refractivity (Wildman–Crippen MR) is 70.5 cm³/mol. The molecular formula is C14H23N2O+. The van der Waals surface area contributed by atoms with Crippen LogP contribution < -0.4 is 5.73 Å². The molecule has 1 aliphatic rings. The number of benzene rings is 1. The third kappa shape index (κ3) is 3.20. The van der Waals surface area contributed by atoms with Gasteiger partial charge < -0.3 is 15.0 Å². The van der Waals surface area contributed by atoms with Gasteiger partial charge in [0.05, 0.1) is 33.4 Å². The van der Waals surface area contributed by atoms with E-state index in [1.165, 1.54) is 5.56 Å². The number of hydrogen-bond acceptors (Lipinski definition) is 2. The lowest BCUT2D eigenvalue weighted by Gasteiger charge is -2.40. The second-order valence-electron chi connectivity index (χ2n) is 5.53. The molecule has 0 aliphatic carbocycles. The molecule has 1 heterocycles. The largest absolute Gasteiger partial charge is 0.399 e. The number of ether oxygens (including phenoxy) is 1. The average Bonchev–Trinajstić information content (AvgIpc) is 2.29. The summed E-state index contributed by atoms with van der Waals surface area (Å²) in [5.74, 6) is 0. The van der Waals surface area contributed by atoms with E-state index in [2.05, 4.69) is 26.2 Å². The third-order valence-corrected chi connectivity index (χ3v) is 3.72. The number of anilines is 1. The zero-order valence-corrected chi connectivity index (χ0v) is 10.9. The minimum atomic E-state index is 0.699. The lowest BCUT2D eigenvalue weighted by atomic mass is 10.0. The van der Waals surface area contributed by atoms with Crippen molar-refractivity contribution in [2.45, 2.75) is 25.4 Å². The van der Waals surface area contributed by atoms with Crippen molar-refractivity contribution in [1.82, 2.24) is 0 Å². The molecule has 1 aliphatic heterocycles. The van der Waals surface area contributed by atoms with E-state index in [4.69, 9.17) is 10.5 Å². The van der Waals surface area contributed by atoms with E-state index < -0.39 is 0 Å². The Morgan fingerprint density at radius 2 is 2.00 bits per heavy atom. The molecule has 0 aromatic heterocycles. The first-order valence-corrected chi connectivity index (χ1v) is 6.33. The molecule has 1 fully saturated rings. The average molecular weight is 235 g/mol. The molecule has 3 heteroatoms. The fourth-order valence-corrected chi connectivity index (χ4v) is 2.68. The maximum absolute atomic E-state index is 5.83. The Kier molecular flexibility index (Phi) is 3.69. The second-order valence-corrected chi connectivity index (χ2v) is 5.53. The Labute approximate surface area is 104 Å². The lowest BCUT2D eigenvalue weighted by Crippen LogP contribution is -2.50. The van der Waals surface area contributed by atoms with Crippen molar-refractivity contribution in [3.8, 4) is 0 Å². The van der Waals surface area contributed by atoms with Gasteiger partial charge in [0.25, 0.3) is 0 Å². The SMILES string of the molecule is C[N+](C)(Cc1cccc(N)c1)C1CCOCC1. The van der Waals surface area contributed by atoms with Crippen LogP contribution in [0, 0.1) is 0 Å². The van der Waals surface area contributed by atoms with Crippen molar-refractivity contribution >= 4 is 5.69 Å². The van der Waals surface area contributed by atoms with Gasteiger partial charge in [-0.05, 0) is 12.1 Å². The molecule has 2 N–H and O–H groups in total. The van der Waals surface area contributed by atoms with Gasteiger partial charge >= 0.3 is 0 Å².